The fraction of sp³-hybridized carbons (Fsp3) is 0.357. The Kier molecular flexibility index (Phi) is 7.54. The van der Waals surface area contributed by atoms with Crippen molar-refractivity contribution in [1.29, 1.82) is 0 Å². The van der Waals surface area contributed by atoms with Gasteiger partial charge in [0.25, 0.3) is 0 Å². The third-order valence-electron chi connectivity index (χ3n) is 6.06. The zero-order valence-electron chi connectivity index (χ0n) is 18.5. The van der Waals surface area contributed by atoms with Crippen LogP contribution in [0.25, 0.3) is 11.1 Å². The van der Waals surface area contributed by atoms with Crippen LogP contribution in [0.1, 0.15) is 50.2 Å². The molecule has 0 spiro atoms. The van der Waals surface area contributed by atoms with Crippen molar-refractivity contribution in [2.45, 2.75) is 64.3 Å². The van der Waals surface area contributed by atoms with E-state index in [0.717, 1.165) is 61.0 Å². The number of hydrogen-bond donors (Lipinski definition) is 0. The fourth-order valence-corrected chi connectivity index (χ4v) is 4.34. The molecule has 0 atom stereocenters. The third kappa shape index (κ3) is 5.95. The molecular weight excluding hydrogens is 406 g/mol. The van der Waals surface area contributed by atoms with Crippen molar-refractivity contribution in [3.05, 3.63) is 89.5 Å². The Bertz CT molecular complexity index is 1010. The van der Waals surface area contributed by atoms with Crippen molar-refractivity contribution >= 4 is 0 Å². The molecule has 1 aliphatic rings. The summed E-state index contributed by atoms with van der Waals surface area (Å²) in [5.41, 5.74) is 4.13. The molecular formula is C28H30F2O2. The molecule has 1 aliphatic carbocycles. The minimum atomic E-state index is -0.227. The largest absolute Gasteiger partial charge is 0.490 e. The molecule has 1 saturated carbocycles. The van der Waals surface area contributed by atoms with Gasteiger partial charge in [-0.1, -0.05) is 43.7 Å². The summed E-state index contributed by atoms with van der Waals surface area (Å²) in [5.74, 6) is 0.379. The summed E-state index contributed by atoms with van der Waals surface area (Å²) in [5, 5.41) is 0. The van der Waals surface area contributed by atoms with E-state index in [2.05, 4.69) is 19.1 Å². The van der Waals surface area contributed by atoms with E-state index in [1.54, 1.807) is 24.3 Å². The van der Waals surface area contributed by atoms with Gasteiger partial charge in [-0.2, -0.15) is 0 Å². The lowest BCUT2D eigenvalue weighted by molar-refractivity contribution is -0.00663. The summed E-state index contributed by atoms with van der Waals surface area (Å²) in [4.78, 5) is 0. The summed E-state index contributed by atoms with van der Waals surface area (Å²) < 4.78 is 39.2. The van der Waals surface area contributed by atoms with Gasteiger partial charge in [0.05, 0.1) is 18.8 Å². The molecule has 168 valence electrons. The third-order valence-corrected chi connectivity index (χ3v) is 6.06. The second-order valence-corrected chi connectivity index (χ2v) is 8.53. The number of benzene rings is 3. The smallest absolute Gasteiger partial charge is 0.123 e. The van der Waals surface area contributed by atoms with E-state index in [4.69, 9.17) is 9.47 Å². The number of aryl methyl sites for hydroxylation is 1. The van der Waals surface area contributed by atoms with Crippen molar-refractivity contribution in [1.82, 2.24) is 0 Å². The standard InChI is InChI=1S/C28H30F2O2/c1-2-4-21-9-12-27(18-28(21)22-5-3-6-24(30)17-22)32-26-15-13-25(14-16-26)31-19-20-7-10-23(29)11-8-20/h3,5-12,17-18,25-26H,2,4,13-16,19H2,1H3. The zero-order valence-corrected chi connectivity index (χ0v) is 18.5. The van der Waals surface area contributed by atoms with E-state index < -0.39 is 0 Å². The average Bonchev–Trinajstić information content (AvgIpc) is 2.81. The lowest BCUT2D eigenvalue weighted by Crippen LogP contribution is -2.28. The van der Waals surface area contributed by atoms with Crippen LogP contribution >= 0.6 is 0 Å². The molecule has 32 heavy (non-hydrogen) atoms. The van der Waals surface area contributed by atoms with Crippen molar-refractivity contribution in [2.24, 2.45) is 0 Å². The zero-order chi connectivity index (χ0) is 22.3. The maximum atomic E-state index is 13.8. The summed E-state index contributed by atoms with van der Waals surface area (Å²) >= 11 is 0. The normalized spacial score (nSPS) is 18.5. The quantitative estimate of drug-likeness (QED) is 0.364. The van der Waals surface area contributed by atoms with Crippen molar-refractivity contribution in [3.8, 4) is 16.9 Å². The van der Waals surface area contributed by atoms with E-state index in [9.17, 15) is 8.78 Å². The predicted octanol–water partition coefficient (Wildman–Crippen LogP) is 7.49. The van der Waals surface area contributed by atoms with E-state index >= 15 is 0 Å². The van der Waals surface area contributed by atoms with Crippen molar-refractivity contribution in [2.75, 3.05) is 0 Å². The minimum Gasteiger partial charge on any atom is -0.490 e. The molecule has 0 bridgehead atoms. The molecule has 3 aromatic carbocycles. The molecule has 2 nitrogen and oxygen atoms in total. The van der Waals surface area contributed by atoms with Crippen LogP contribution in [-0.2, 0) is 17.8 Å². The highest BCUT2D eigenvalue weighted by molar-refractivity contribution is 5.69. The first-order chi connectivity index (χ1) is 15.6. The summed E-state index contributed by atoms with van der Waals surface area (Å²) in [6, 6.07) is 19.4. The number of ether oxygens (including phenoxy) is 2. The minimum absolute atomic E-state index is 0.151. The van der Waals surface area contributed by atoms with Crippen LogP contribution in [0.15, 0.2) is 66.7 Å². The number of rotatable bonds is 8. The second kappa shape index (κ2) is 10.7. The Balaban J connectivity index is 1.35. The summed E-state index contributed by atoms with van der Waals surface area (Å²) in [7, 11) is 0. The molecule has 0 unspecified atom stereocenters. The molecule has 4 heteroatoms. The Morgan fingerprint density at radius 3 is 2.28 bits per heavy atom. The van der Waals surface area contributed by atoms with Crippen molar-refractivity contribution in [3.63, 3.8) is 0 Å². The van der Waals surface area contributed by atoms with Crippen LogP contribution in [0.3, 0.4) is 0 Å². The average molecular weight is 437 g/mol. The lowest BCUT2D eigenvalue weighted by atomic mass is 9.94. The first kappa shape index (κ1) is 22.5. The van der Waals surface area contributed by atoms with Gasteiger partial charge in [-0.25, -0.2) is 8.78 Å². The monoisotopic (exact) mass is 436 g/mol. The topological polar surface area (TPSA) is 18.5 Å². The molecule has 3 aromatic rings. The molecule has 1 fully saturated rings. The van der Waals surface area contributed by atoms with E-state index in [0.29, 0.717) is 6.61 Å². The van der Waals surface area contributed by atoms with Crippen LogP contribution in [-0.4, -0.2) is 12.2 Å². The number of halogens is 2. The van der Waals surface area contributed by atoms with Crippen LogP contribution in [0.5, 0.6) is 5.75 Å². The van der Waals surface area contributed by atoms with Gasteiger partial charge in [0, 0.05) is 0 Å². The second-order valence-electron chi connectivity index (χ2n) is 8.53. The first-order valence-electron chi connectivity index (χ1n) is 11.5. The molecule has 0 saturated heterocycles. The molecule has 0 N–H and O–H groups in total. The van der Waals surface area contributed by atoms with Crippen LogP contribution in [0.2, 0.25) is 0 Å². The Morgan fingerprint density at radius 1 is 0.812 bits per heavy atom. The highest BCUT2D eigenvalue weighted by Gasteiger charge is 2.23. The molecule has 0 amide bonds. The first-order valence-corrected chi connectivity index (χ1v) is 11.5. The van der Waals surface area contributed by atoms with Crippen LogP contribution < -0.4 is 4.74 Å². The summed E-state index contributed by atoms with van der Waals surface area (Å²) in [6.07, 6.45) is 6.08. The summed E-state index contributed by atoms with van der Waals surface area (Å²) in [6.45, 7) is 2.66. The van der Waals surface area contributed by atoms with Gasteiger partial charge in [-0.15, -0.1) is 0 Å². The predicted molar refractivity (Wildman–Crippen MR) is 124 cm³/mol. The van der Waals surface area contributed by atoms with E-state index in [1.807, 2.05) is 12.1 Å². The highest BCUT2D eigenvalue weighted by Crippen LogP contribution is 2.32. The van der Waals surface area contributed by atoms with Crippen LogP contribution in [0, 0.1) is 11.6 Å². The maximum Gasteiger partial charge on any atom is 0.123 e. The highest BCUT2D eigenvalue weighted by atomic mass is 19.1. The SMILES string of the molecule is CCCc1ccc(OC2CCC(OCc3ccc(F)cc3)CC2)cc1-c1cccc(F)c1. The molecule has 0 aliphatic heterocycles. The molecule has 0 aromatic heterocycles. The van der Waals surface area contributed by atoms with E-state index in [-0.39, 0.29) is 23.8 Å². The molecule has 4 rings (SSSR count). The van der Waals surface area contributed by atoms with Gasteiger partial charge in [0.15, 0.2) is 0 Å². The van der Waals surface area contributed by atoms with Gasteiger partial charge in [-0.05, 0) is 90.8 Å². The van der Waals surface area contributed by atoms with Gasteiger partial charge < -0.3 is 9.47 Å². The van der Waals surface area contributed by atoms with Gasteiger partial charge in [-0.3, -0.25) is 0 Å². The maximum absolute atomic E-state index is 13.8. The molecule has 0 heterocycles. The molecule has 0 radical (unpaired) electrons. The van der Waals surface area contributed by atoms with Gasteiger partial charge >= 0.3 is 0 Å². The Hall–Kier alpha value is -2.72. The van der Waals surface area contributed by atoms with Crippen LogP contribution in [0.4, 0.5) is 8.78 Å². The lowest BCUT2D eigenvalue weighted by Gasteiger charge is -2.29. The van der Waals surface area contributed by atoms with Gasteiger partial charge in [0.1, 0.15) is 17.4 Å². The number of hydrogen-bond acceptors (Lipinski definition) is 2. The van der Waals surface area contributed by atoms with E-state index in [1.165, 1.54) is 23.8 Å². The van der Waals surface area contributed by atoms with Crippen molar-refractivity contribution < 1.29 is 18.3 Å². The fourth-order valence-electron chi connectivity index (χ4n) is 4.34. The Labute approximate surface area is 189 Å². The van der Waals surface area contributed by atoms with Gasteiger partial charge in [0.2, 0.25) is 0 Å². The Morgan fingerprint density at radius 2 is 1.56 bits per heavy atom.